The number of aromatic nitrogens is 4. The zero-order valence-corrected chi connectivity index (χ0v) is 14.4. The van der Waals surface area contributed by atoms with E-state index in [4.69, 9.17) is 0 Å². The van der Waals surface area contributed by atoms with Gasteiger partial charge in [-0.1, -0.05) is 5.21 Å². The quantitative estimate of drug-likeness (QED) is 0.814. The molecule has 27 heavy (non-hydrogen) atoms. The number of anilines is 1. The standard InChI is InChI=1S/C17H18F2N6O2/c18-13-4-3-11(8-14(13)19)25-7-5-12(17(25)27)16(26)24-6-1-2-10(9-24)15-20-22-23-21-15/h3-4,8,10,12H,1-2,5-7,9H2,(H,20,21,22,23)/t10-,12-/m0/s1. The Balaban J connectivity index is 1.46. The van der Waals surface area contributed by atoms with E-state index in [0.29, 0.717) is 31.9 Å². The molecule has 2 aromatic rings. The highest BCUT2D eigenvalue weighted by molar-refractivity contribution is 6.09. The number of rotatable bonds is 3. The lowest BCUT2D eigenvalue weighted by Gasteiger charge is -2.32. The fourth-order valence-corrected chi connectivity index (χ4v) is 3.77. The zero-order chi connectivity index (χ0) is 19.0. The van der Waals surface area contributed by atoms with Gasteiger partial charge in [0, 0.05) is 37.3 Å². The number of amides is 2. The molecule has 142 valence electrons. The molecule has 8 nitrogen and oxygen atoms in total. The molecule has 2 aliphatic heterocycles. The van der Waals surface area contributed by atoms with Crippen molar-refractivity contribution in [2.75, 3.05) is 24.5 Å². The van der Waals surface area contributed by atoms with Gasteiger partial charge in [-0.2, -0.15) is 5.21 Å². The summed E-state index contributed by atoms with van der Waals surface area (Å²) in [7, 11) is 0. The molecule has 1 aromatic heterocycles. The number of carbonyl (C=O) groups excluding carboxylic acids is 2. The van der Waals surface area contributed by atoms with Crippen molar-refractivity contribution in [3.05, 3.63) is 35.7 Å². The predicted octanol–water partition coefficient (Wildman–Crippen LogP) is 1.24. The predicted molar refractivity (Wildman–Crippen MR) is 89.6 cm³/mol. The third kappa shape index (κ3) is 3.26. The summed E-state index contributed by atoms with van der Waals surface area (Å²) in [4.78, 5) is 28.6. The summed E-state index contributed by atoms with van der Waals surface area (Å²) >= 11 is 0. The molecule has 1 N–H and O–H groups in total. The van der Waals surface area contributed by atoms with E-state index in [9.17, 15) is 18.4 Å². The van der Waals surface area contributed by atoms with Gasteiger partial charge in [0.1, 0.15) is 5.92 Å². The number of hydrogen-bond donors (Lipinski definition) is 1. The van der Waals surface area contributed by atoms with Crippen LogP contribution in [0.4, 0.5) is 14.5 Å². The summed E-state index contributed by atoms with van der Waals surface area (Å²) in [6.45, 7) is 1.30. The second kappa shape index (κ2) is 7.01. The highest BCUT2D eigenvalue weighted by Crippen LogP contribution is 2.30. The number of nitrogens with zero attached hydrogens (tertiary/aromatic N) is 5. The summed E-state index contributed by atoms with van der Waals surface area (Å²) in [6.07, 6.45) is 1.99. The first-order valence-corrected chi connectivity index (χ1v) is 8.83. The molecular formula is C17H18F2N6O2. The molecule has 0 spiro atoms. The molecule has 2 saturated heterocycles. The van der Waals surface area contributed by atoms with Crippen LogP contribution >= 0.6 is 0 Å². The minimum atomic E-state index is -1.02. The number of benzene rings is 1. The van der Waals surface area contributed by atoms with Crippen LogP contribution in [0.15, 0.2) is 18.2 Å². The number of H-pyrrole nitrogens is 1. The summed E-state index contributed by atoms with van der Waals surface area (Å²) in [6, 6.07) is 3.30. The average Bonchev–Trinajstić information content (AvgIpc) is 3.34. The van der Waals surface area contributed by atoms with Gasteiger partial charge >= 0.3 is 0 Å². The molecule has 0 saturated carbocycles. The molecule has 0 radical (unpaired) electrons. The SMILES string of the molecule is O=C([C@@H]1CCN(c2ccc(F)c(F)c2)C1=O)N1CCC[C@H](c2nn[nH]n2)C1. The first-order valence-electron chi connectivity index (χ1n) is 8.83. The van der Waals surface area contributed by atoms with Gasteiger partial charge in [0.15, 0.2) is 17.5 Å². The van der Waals surface area contributed by atoms with Crippen molar-refractivity contribution < 1.29 is 18.4 Å². The Labute approximate surface area is 153 Å². The number of hydrogen-bond acceptors (Lipinski definition) is 5. The van der Waals surface area contributed by atoms with Gasteiger partial charge < -0.3 is 9.80 Å². The van der Waals surface area contributed by atoms with Gasteiger partial charge in [-0.3, -0.25) is 9.59 Å². The van der Waals surface area contributed by atoms with E-state index < -0.39 is 17.6 Å². The summed E-state index contributed by atoms with van der Waals surface area (Å²) in [5.74, 6) is -2.87. The maximum absolute atomic E-state index is 13.5. The highest BCUT2D eigenvalue weighted by atomic mass is 19.2. The first kappa shape index (κ1) is 17.5. The van der Waals surface area contributed by atoms with Crippen molar-refractivity contribution in [1.29, 1.82) is 0 Å². The van der Waals surface area contributed by atoms with Gasteiger partial charge in [0.05, 0.1) is 0 Å². The number of carbonyl (C=O) groups is 2. The molecule has 3 heterocycles. The number of piperidine rings is 1. The summed E-state index contributed by atoms with van der Waals surface area (Å²) in [5.41, 5.74) is 0.262. The normalized spacial score (nSPS) is 23.1. The molecule has 0 bridgehead atoms. The Morgan fingerprint density at radius 2 is 2.04 bits per heavy atom. The average molecular weight is 376 g/mol. The van der Waals surface area contributed by atoms with Crippen LogP contribution in [0.25, 0.3) is 0 Å². The van der Waals surface area contributed by atoms with E-state index in [1.807, 2.05) is 0 Å². The van der Waals surface area contributed by atoms with Crippen LogP contribution in [0, 0.1) is 17.6 Å². The van der Waals surface area contributed by atoms with Crippen LogP contribution in [0.2, 0.25) is 0 Å². The smallest absolute Gasteiger partial charge is 0.239 e. The maximum Gasteiger partial charge on any atom is 0.239 e. The Morgan fingerprint density at radius 1 is 1.19 bits per heavy atom. The minimum Gasteiger partial charge on any atom is -0.341 e. The van der Waals surface area contributed by atoms with Crippen molar-refractivity contribution in [3.8, 4) is 0 Å². The van der Waals surface area contributed by atoms with Gasteiger partial charge in [-0.25, -0.2) is 8.78 Å². The Kier molecular flexibility index (Phi) is 4.54. The van der Waals surface area contributed by atoms with E-state index in [1.165, 1.54) is 11.0 Å². The number of nitrogens with one attached hydrogen (secondary N) is 1. The second-order valence-electron chi connectivity index (χ2n) is 6.82. The molecule has 10 heteroatoms. The van der Waals surface area contributed by atoms with E-state index in [-0.39, 0.29) is 23.4 Å². The monoisotopic (exact) mass is 376 g/mol. The lowest BCUT2D eigenvalue weighted by Crippen LogP contribution is -2.44. The second-order valence-corrected chi connectivity index (χ2v) is 6.82. The number of likely N-dealkylation sites (tertiary alicyclic amines) is 1. The largest absolute Gasteiger partial charge is 0.341 e. The Hall–Kier alpha value is -2.91. The van der Waals surface area contributed by atoms with Crippen molar-refractivity contribution >= 4 is 17.5 Å². The molecule has 2 aliphatic rings. The van der Waals surface area contributed by atoms with E-state index in [1.54, 1.807) is 4.90 Å². The molecule has 0 unspecified atom stereocenters. The first-order chi connectivity index (χ1) is 13.0. The molecule has 4 rings (SSSR count). The summed E-state index contributed by atoms with van der Waals surface area (Å²) < 4.78 is 26.6. The van der Waals surface area contributed by atoms with Crippen LogP contribution in [-0.2, 0) is 9.59 Å². The van der Waals surface area contributed by atoms with Crippen molar-refractivity contribution in [2.45, 2.75) is 25.2 Å². The van der Waals surface area contributed by atoms with Gasteiger partial charge in [0.25, 0.3) is 0 Å². The van der Waals surface area contributed by atoms with Crippen LogP contribution in [0.3, 0.4) is 0 Å². The third-order valence-electron chi connectivity index (χ3n) is 5.18. The van der Waals surface area contributed by atoms with Gasteiger partial charge in [0.2, 0.25) is 11.8 Å². The molecular weight excluding hydrogens is 358 g/mol. The summed E-state index contributed by atoms with van der Waals surface area (Å²) in [5, 5.41) is 13.9. The van der Waals surface area contributed by atoms with Crippen molar-refractivity contribution in [2.24, 2.45) is 5.92 Å². The van der Waals surface area contributed by atoms with Crippen LogP contribution in [0.5, 0.6) is 0 Å². The maximum atomic E-state index is 13.5. The fraction of sp³-hybridized carbons (Fsp3) is 0.471. The highest BCUT2D eigenvalue weighted by Gasteiger charge is 2.41. The lowest BCUT2D eigenvalue weighted by atomic mass is 9.95. The van der Waals surface area contributed by atoms with Gasteiger partial charge in [-0.15, -0.1) is 10.2 Å². The van der Waals surface area contributed by atoms with E-state index in [2.05, 4.69) is 20.6 Å². The van der Waals surface area contributed by atoms with Crippen LogP contribution in [0.1, 0.15) is 31.0 Å². The van der Waals surface area contributed by atoms with Crippen LogP contribution in [-0.4, -0.2) is 57.0 Å². The fourth-order valence-electron chi connectivity index (χ4n) is 3.77. The lowest BCUT2D eigenvalue weighted by molar-refractivity contribution is -0.140. The zero-order valence-electron chi connectivity index (χ0n) is 14.4. The molecule has 0 aliphatic carbocycles. The topological polar surface area (TPSA) is 95.1 Å². The number of halogens is 2. The molecule has 1 aromatic carbocycles. The van der Waals surface area contributed by atoms with Crippen LogP contribution < -0.4 is 4.90 Å². The van der Waals surface area contributed by atoms with Crippen molar-refractivity contribution in [1.82, 2.24) is 25.5 Å². The number of tetrazole rings is 1. The minimum absolute atomic E-state index is 0.0137. The Bertz CT molecular complexity index is 859. The molecule has 2 fully saturated rings. The molecule has 2 atom stereocenters. The van der Waals surface area contributed by atoms with E-state index >= 15 is 0 Å². The Morgan fingerprint density at radius 3 is 2.78 bits per heavy atom. The van der Waals surface area contributed by atoms with Crippen molar-refractivity contribution in [3.63, 3.8) is 0 Å². The third-order valence-corrected chi connectivity index (χ3v) is 5.18. The number of aromatic amines is 1. The molecule has 2 amide bonds. The van der Waals surface area contributed by atoms with Gasteiger partial charge in [-0.05, 0) is 31.4 Å². The van der Waals surface area contributed by atoms with E-state index in [0.717, 1.165) is 25.0 Å².